The van der Waals surface area contributed by atoms with Crippen LogP contribution >= 0.6 is 0 Å². The summed E-state index contributed by atoms with van der Waals surface area (Å²) in [4.78, 5) is 28.4. The Labute approximate surface area is 181 Å². The number of fused-ring (bicyclic) bond motifs is 1. The number of hydrogen-bond acceptors (Lipinski definition) is 5. The molecule has 2 aliphatic rings. The van der Waals surface area contributed by atoms with Gasteiger partial charge in [0.2, 0.25) is 24.4 Å². The Morgan fingerprint density at radius 1 is 1.06 bits per heavy atom. The molecule has 2 amide bonds. The minimum absolute atomic E-state index is 0.0510. The molecule has 0 radical (unpaired) electrons. The number of hydrogen-bond donors (Lipinski definition) is 0. The van der Waals surface area contributed by atoms with Crippen LogP contribution in [0.15, 0.2) is 54.4 Å². The number of methoxy groups -OCH3 is 1. The van der Waals surface area contributed by atoms with Crippen molar-refractivity contribution in [1.82, 2.24) is 9.80 Å². The van der Waals surface area contributed by atoms with Crippen LogP contribution in [0.2, 0.25) is 0 Å². The van der Waals surface area contributed by atoms with Crippen LogP contribution in [0.4, 0.5) is 0 Å². The van der Waals surface area contributed by atoms with E-state index in [0.29, 0.717) is 36.6 Å². The van der Waals surface area contributed by atoms with Crippen LogP contribution in [0, 0.1) is 0 Å². The van der Waals surface area contributed by atoms with Crippen LogP contribution in [0.1, 0.15) is 25.0 Å². The normalized spacial score (nSPS) is 17.4. The minimum atomic E-state index is -0.126. The first-order valence-corrected chi connectivity index (χ1v) is 10.2. The molecule has 0 unspecified atom stereocenters. The quantitative estimate of drug-likeness (QED) is 0.741. The summed E-state index contributed by atoms with van der Waals surface area (Å²) < 4.78 is 16.4. The molecule has 2 aromatic carbocycles. The summed E-state index contributed by atoms with van der Waals surface area (Å²) in [5, 5.41) is 0. The maximum Gasteiger partial charge on any atom is 0.231 e. The molecule has 0 bridgehead atoms. The van der Waals surface area contributed by atoms with Crippen LogP contribution in [0.25, 0.3) is 0 Å². The minimum Gasteiger partial charge on any atom is -0.493 e. The second-order valence-corrected chi connectivity index (χ2v) is 7.73. The van der Waals surface area contributed by atoms with E-state index >= 15 is 0 Å². The van der Waals surface area contributed by atoms with Crippen LogP contribution in [-0.2, 0) is 22.4 Å². The highest BCUT2D eigenvalue weighted by molar-refractivity contribution is 5.78. The van der Waals surface area contributed by atoms with Gasteiger partial charge >= 0.3 is 0 Å². The average molecular weight is 422 g/mol. The first-order valence-electron chi connectivity index (χ1n) is 10.2. The number of ether oxygens (including phenoxy) is 3. The average Bonchev–Trinajstić information content (AvgIpc) is 3.23. The van der Waals surface area contributed by atoms with E-state index < -0.39 is 0 Å². The van der Waals surface area contributed by atoms with Crippen molar-refractivity contribution < 1.29 is 23.8 Å². The van der Waals surface area contributed by atoms with E-state index in [1.54, 1.807) is 37.0 Å². The summed E-state index contributed by atoms with van der Waals surface area (Å²) in [6, 6.07) is 13.6. The lowest BCUT2D eigenvalue weighted by molar-refractivity contribution is -0.134. The number of rotatable bonds is 5. The van der Waals surface area contributed by atoms with Crippen molar-refractivity contribution in [2.75, 3.05) is 20.4 Å². The van der Waals surface area contributed by atoms with Crippen molar-refractivity contribution in [3.05, 3.63) is 65.5 Å². The van der Waals surface area contributed by atoms with Gasteiger partial charge in [0.15, 0.2) is 11.5 Å². The molecule has 31 heavy (non-hydrogen) atoms. The standard InChI is InChI=1S/C24H26N2O5/c1-16(27)25-14-21(10-19-11-22(29-3)24-23(12-19)30-15-31-24)26(17(2)28)13-20(25)9-18-7-5-4-6-8-18/h4-8,11-12,14,20H,9-10,13,15H2,1-3H3/t20-/m1/s1. The highest BCUT2D eigenvalue weighted by Crippen LogP contribution is 2.42. The van der Waals surface area contributed by atoms with Gasteiger partial charge in [-0.1, -0.05) is 30.3 Å². The molecule has 0 fully saturated rings. The first-order chi connectivity index (χ1) is 15.0. The lowest BCUT2D eigenvalue weighted by atomic mass is 10.00. The monoisotopic (exact) mass is 422 g/mol. The number of nitrogens with zero attached hydrogens (tertiary/aromatic N) is 2. The van der Waals surface area contributed by atoms with Gasteiger partial charge in [-0.3, -0.25) is 9.59 Å². The Hall–Kier alpha value is -3.48. The van der Waals surface area contributed by atoms with Crippen molar-refractivity contribution in [3.8, 4) is 17.2 Å². The van der Waals surface area contributed by atoms with E-state index in [9.17, 15) is 9.59 Å². The number of carbonyl (C=O) groups excluding carboxylic acids is 2. The van der Waals surface area contributed by atoms with E-state index in [1.165, 1.54) is 0 Å². The van der Waals surface area contributed by atoms with Gasteiger partial charge in [-0.2, -0.15) is 0 Å². The Morgan fingerprint density at radius 2 is 1.84 bits per heavy atom. The first kappa shape index (κ1) is 20.8. The topological polar surface area (TPSA) is 68.3 Å². The van der Waals surface area contributed by atoms with E-state index in [2.05, 4.69) is 0 Å². The number of amides is 2. The molecule has 2 heterocycles. The van der Waals surface area contributed by atoms with Gasteiger partial charge in [0.05, 0.1) is 13.2 Å². The fraction of sp³-hybridized carbons (Fsp3) is 0.333. The molecular weight excluding hydrogens is 396 g/mol. The molecule has 2 aromatic rings. The molecule has 7 heteroatoms. The van der Waals surface area contributed by atoms with Crippen LogP contribution in [-0.4, -0.2) is 48.1 Å². The number of allylic oxidation sites excluding steroid dienone is 1. The van der Waals surface area contributed by atoms with Gasteiger partial charge in [0, 0.05) is 38.7 Å². The fourth-order valence-electron chi connectivity index (χ4n) is 4.12. The van der Waals surface area contributed by atoms with E-state index in [0.717, 1.165) is 16.8 Å². The summed E-state index contributed by atoms with van der Waals surface area (Å²) in [6.45, 7) is 3.70. The summed E-state index contributed by atoms with van der Waals surface area (Å²) in [6.07, 6.45) is 2.93. The molecule has 1 atom stereocenters. The Balaban J connectivity index is 1.65. The Morgan fingerprint density at radius 3 is 2.52 bits per heavy atom. The molecule has 0 spiro atoms. The van der Waals surface area contributed by atoms with Crippen molar-refractivity contribution in [3.63, 3.8) is 0 Å². The predicted molar refractivity (Wildman–Crippen MR) is 115 cm³/mol. The van der Waals surface area contributed by atoms with Crippen LogP contribution < -0.4 is 14.2 Å². The van der Waals surface area contributed by atoms with Gasteiger partial charge in [0.1, 0.15) is 0 Å². The fourth-order valence-corrected chi connectivity index (χ4v) is 4.12. The summed E-state index contributed by atoms with van der Waals surface area (Å²) >= 11 is 0. The summed E-state index contributed by atoms with van der Waals surface area (Å²) in [5.74, 6) is 1.68. The van der Waals surface area contributed by atoms with Crippen LogP contribution in [0.3, 0.4) is 0 Å². The third-order valence-electron chi connectivity index (χ3n) is 5.58. The van der Waals surface area contributed by atoms with Crippen molar-refractivity contribution in [2.45, 2.75) is 32.7 Å². The molecule has 162 valence electrons. The maximum atomic E-state index is 12.5. The van der Waals surface area contributed by atoms with Crippen molar-refractivity contribution in [1.29, 1.82) is 0 Å². The Bertz CT molecular complexity index is 1020. The van der Waals surface area contributed by atoms with Gasteiger partial charge in [-0.05, 0) is 29.7 Å². The van der Waals surface area contributed by atoms with Gasteiger partial charge in [0.25, 0.3) is 0 Å². The lowest BCUT2D eigenvalue weighted by Crippen LogP contribution is -2.50. The maximum absolute atomic E-state index is 12.5. The summed E-state index contributed by atoms with van der Waals surface area (Å²) in [7, 11) is 1.58. The zero-order valence-electron chi connectivity index (χ0n) is 18.0. The van der Waals surface area contributed by atoms with E-state index in [4.69, 9.17) is 14.2 Å². The highest BCUT2D eigenvalue weighted by atomic mass is 16.7. The molecule has 4 rings (SSSR count). The third-order valence-corrected chi connectivity index (χ3v) is 5.58. The predicted octanol–water partition coefficient (Wildman–Crippen LogP) is 3.13. The molecule has 0 N–H and O–H groups in total. The second kappa shape index (κ2) is 8.71. The van der Waals surface area contributed by atoms with Crippen molar-refractivity contribution >= 4 is 11.8 Å². The smallest absolute Gasteiger partial charge is 0.231 e. The van der Waals surface area contributed by atoms with E-state index in [1.807, 2.05) is 42.5 Å². The molecule has 0 aliphatic carbocycles. The van der Waals surface area contributed by atoms with Gasteiger partial charge in [-0.15, -0.1) is 0 Å². The zero-order valence-corrected chi connectivity index (χ0v) is 18.0. The number of carbonyl (C=O) groups is 2. The summed E-state index contributed by atoms with van der Waals surface area (Å²) in [5.41, 5.74) is 2.79. The highest BCUT2D eigenvalue weighted by Gasteiger charge is 2.31. The Kier molecular flexibility index (Phi) is 5.84. The second-order valence-electron chi connectivity index (χ2n) is 7.73. The molecular formula is C24H26N2O5. The van der Waals surface area contributed by atoms with Gasteiger partial charge in [-0.25, -0.2) is 0 Å². The van der Waals surface area contributed by atoms with Gasteiger partial charge < -0.3 is 24.0 Å². The number of benzene rings is 2. The zero-order chi connectivity index (χ0) is 22.0. The largest absolute Gasteiger partial charge is 0.493 e. The SMILES string of the molecule is COc1cc(CC2=CN(C(C)=O)[C@H](Cc3ccccc3)CN2C(C)=O)cc2c1OCO2. The van der Waals surface area contributed by atoms with Crippen LogP contribution in [0.5, 0.6) is 17.2 Å². The van der Waals surface area contributed by atoms with E-state index in [-0.39, 0.29) is 24.6 Å². The molecule has 2 aliphatic heterocycles. The van der Waals surface area contributed by atoms with Crippen molar-refractivity contribution in [2.24, 2.45) is 0 Å². The third kappa shape index (κ3) is 4.35. The molecule has 0 saturated heterocycles. The lowest BCUT2D eigenvalue weighted by Gasteiger charge is -2.39. The molecule has 0 saturated carbocycles. The molecule has 7 nitrogen and oxygen atoms in total. The molecule has 0 aromatic heterocycles.